The Labute approximate surface area is 158 Å². The zero-order valence-corrected chi connectivity index (χ0v) is 14.7. The third kappa shape index (κ3) is 3.30. The summed E-state index contributed by atoms with van der Waals surface area (Å²) >= 11 is 0. The van der Waals surface area contributed by atoms with Crippen LogP contribution in [0.4, 0.5) is 19.0 Å². The zero-order chi connectivity index (χ0) is 19.7. The van der Waals surface area contributed by atoms with Crippen molar-refractivity contribution in [3.8, 4) is 5.82 Å². The molecule has 0 radical (unpaired) electrons. The van der Waals surface area contributed by atoms with Gasteiger partial charge in [-0.3, -0.25) is 4.79 Å². The van der Waals surface area contributed by atoms with Gasteiger partial charge in [-0.05, 0) is 36.4 Å². The Morgan fingerprint density at radius 1 is 0.821 bits per heavy atom. The van der Waals surface area contributed by atoms with Crippen LogP contribution < -0.4 is 4.90 Å². The van der Waals surface area contributed by atoms with Crippen LogP contribution in [-0.4, -0.2) is 51.8 Å². The average molecular weight is 387 g/mol. The predicted molar refractivity (Wildman–Crippen MR) is 95.8 cm³/mol. The van der Waals surface area contributed by atoms with E-state index in [2.05, 4.69) is 10.2 Å². The van der Waals surface area contributed by atoms with E-state index < -0.39 is 28.9 Å². The van der Waals surface area contributed by atoms with Crippen LogP contribution in [0.1, 0.15) is 10.4 Å². The highest BCUT2D eigenvalue weighted by atomic mass is 19.2. The van der Waals surface area contributed by atoms with Gasteiger partial charge in [0, 0.05) is 38.6 Å². The number of nitrogens with zero attached hydrogens (tertiary/aromatic N) is 5. The standard InChI is InChI=1S/C19H16F3N5O/c20-14-4-3-13(17(21)18(14)22)19(28)27-11-9-26(10-12-27)16-6-5-15(23-24-16)25-7-1-2-8-25/h1-8H,9-12H2. The van der Waals surface area contributed by atoms with Crippen LogP contribution in [0.15, 0.2) is 48.8 Å². The minimum atomic E-state index is -1.64. The van der Waals surface area contributed by atoms with E-state index in [-0.39, 0.29) is 0 Å². The number of anilines is 1. The largest absolute Gasteiger partial charge is 0.352 e. The van der Waals surface area contributed by atoms with Crippen molar-refractivity contribution in [2.24, 2.45) is 0 Å². The maximum absolute atomic E-state index is 13.9. The second-order valence-corrected chi connectivity index (χ2v) is 6.34. The number of carbonyl (C=O) groups excluding carboxylic acids is 1. The third-order valence-electron chi connectivity index (χ3n) is 4.66. The van der Waals surface area contributed by atoms with Crippen molar-refractivity contribution in [2.45, 2.75) is 0 Å². The molecule has 0 unspecified atom stereocenters. The Morgan fingerprint density at radius 2 is 1.46 bits per heavy atom. The second-order valence-electron chi connectivity index (χ2n) is 6.34. The molecule has 28 heavy (non-hydrogen) atoms. The first kappa shape index (κ1) is 18.0. The summed E-state index contributed by atoms with van der Waals surface area (Å²) < 4.78 is 42.2. The number of rotatable bonds is 3. The first-order valence-electron chi connectivity index (χ1n) is 8.69. The van der Waals surface area contributed by atoms with Crippen molar-refractivity contribution in [1.82, 2.24) is 19.7 Å². The number of amides is 1. The van der Waals surface area contributed by atoms with Gasteiger partial charge >= 0.3 is 0 Å². The molecule has 0 spiro atoms. The maximum Gasteiger partial charge on any atom is 0.257 e. The molecule has 4 rings (SSSR count). The molecular formula is C19H16F3N5O. The lowest BCUT2D eigenvalue weighted by atomic mass is 10.1. The van der Waals surface area contributed by atoms with Crippen LogP contribution in [-0.2, 0) is 0 Å². The molecule has 1 aliphatic heterocycles. The SMILES string of the molecule is O=C(c1ccc(F)c(F)c1F)N1CCN(c2ccc(-n3cccc3)nn2)CC1. The fraction of sp³-hybridized carbons (Fsp3) is 0.211. The minimum absolute atomic E-state index is 0.304. The number of carbonyl (C=O) groups is 1. The zero-order valence-electron chi connectivity index (χ0n) is 14.7. The number of hydrogen-bond acceptors (Lipinski definition) is 4. The summed E-state index contributed by atoms with van der Waals surface area (Å²) in [6.07, 6.45) is 3.73. The molecule has 1 saturated heterocycles. The van der Waals surface area contributed by atoms with E-state index in [0.29, 0.717) is 37.8 Å². The van der Waals surface area contributed by atoms with E-state index in [1.165, 1.54) is 4.90 Å². The van der Waals surface area contributed by atoms with E-state index >= 15 is 0 Å². The van der Waals surface area contributed by atoms with Gasteiger partial charge in [0.1, 0.15) is 0 Å². The van der Waals surface area contributed by atoms with Gasteiger partial charge in [-0.2, -0.15) is 0 Å². The molecule has 6 nitrogen and oxygen atoms in total. The fourth-order valence-electron chi connectivity index (χ4n) is 3.11. The number of halogens is 3. The molecule has 3 aromatic rings. The van der Waals surface area contributed by atoms with Gasteiger partial charge < -0.3 is 14.4 Å². The summed E-state index contributed by atoms with van der Waals surface area (Å²) in [5.41, 5.74) is -0.469. The topological polar surface area (TPSA) is 54.3 Å². The number of piperazine rings is 1. The van der Waals surface area contributed by atoms with Crippen molar-refractivity contribution >= 4 is 11.7 Å². The second kappa shape index (κ2) is 7.34. The third-order valence-corrected chi connectivity index (χ3v) is 4.66. The van der Waals surface area contributed by atoms with Crippen LogP contribution in [0.3, 0.4) is 0 Å². The van der Waals surface area contributed by atoms with E-state index in [1.54, 1.807) is 0 Å². The molecule has 1 fully saturated rings. The quantitative estimate of drug-likeness (QED) is 0.649. The van der Waals surface area contributed by atoms with Crippen molar-refractivity contribution in [3.63, 3.8) is 0 Å². The van der Waals surface area contributed by atoms with E-state index in [4.69, 9.17) is 0 Å². The van der Waals surface area contributed by atoms with Crippen molar-refractivity contribution in [3.05, 3.63) is 71.8 Å². The Balaban J connectivity index is 1.42. The van der Waals surface area contributed by atoms with E-state index in [9.17, 15) is 18.0 Å². The Morgan fingerprint density at radius 3 is 2.11 bits per heavy atom. The van der Waals surface area contributed by atoms with Crippen LogP contribution in [0.25, 0.3) is 5.82 Å². The monoisotopic (exact) mass is 387 g/mol. The van der Waals surface area contributed by atoms with Gasteiger partial charge in [0.25, 0.3) is 5.91 Å². The molecule has 0 saturated carbocycles. The fourth-order valence-corrected chi connectivity index (χ4v) is 3.11. The first-order chi connectivity index (χ1) is 13.5. The summed E-state index contributed by atoms with van der Waals surface area (Å²) in [6, 6.07) is 9.19. The molecule has 3 heterocycles. The molecule has 1 amide bonds. The minimum Gasteiger partial charge on any atom is -0.352 e. The van der Waals surface area contributed by atoms with Crippen LogP contribution in [0.5, 0.6) is 0 Å². The van der Waals surface area contributed by atoms with Gasteiger partial charge in [0.2, 0.25) is 0 Å². The van der Waals surface area contributed by atoms with E-state index in [0.717, 1.165) is 12.1 Å². The lowest BCUT2D eigenvalue weighted by molar-refractivity contribution is 0.0740. The molecular weight excluding hydrogens is 371 g/mol. The molecule has 2 aromatic heterocycles. The summed E-state index contributed by atoms with van der Waals surface area (Å²) in [4.78, 5) is 15.8. The van der Waals surface area contributed by atoms with Crippen LogP contribution >= 0.6 is 0 Å². The smallest absolute Gasteiger partial charge is 0.257 e. The van der Waals surface area contributed by atoms with Crippen molar-refractivity contribution in [2.75, 3.05) is 31.1 Å². The van der Waals surface area contributed by atoms with Crippen molar-refractivity contribution < 1.29 is 18.0 Å². The van der Waals surface area contributed by atoms with Gasteiger partial charge in [-0.1, -0.05) is 0 Å². The Kier molecular flexibility index (Phi) is 4.72. The highest BCUT2D eigenvalue weighted by Gasteiger charge is 2.27. The molecule has 144 valence electrons. The Bertz CT molecular complexity index is 984. The van der Waals surface area contributed by atoms with Gasteiger partial charge in [-0.15, -0.1) is 10.2 Å². The Hall–Kier alpha value is -3.36. The van der Waals surface area contributed by atoms with Crippen LogP contribution in [0.2, 0.25) is 0 Å². The number of aromatic nitrogens is 3. The molecule has 0 atom stereocenters. The summed E-state index contributed by atoms with van der Waals surface area (Å²) in [5, 5.41) is 8.41. The highest BCUT2D eigenvalue weighted by molar-refractivity contribution is 5.94. The van der Waals surface area contributed by atoms with Gasteiger partial charge in [-0.25, -0.2) is 13.2 Å². The molecule has 0 bridgehead atoms. The van der Waals surface area contributed by atoms with Crippen LogP contribution in [0, 0.1) is 17.5 Å². The lowest BCUT2D eigenvalue weighted by Crippen LogP contribution is -2.49. The highest BCUT2D eigenvalue weighted by Crippen LogP contribution is 2.19. The summed E-state index contributed by atoms with van der Waals surface area (Å²) in [6.45, 7) is 1.54. The predicted octanol–water partition coefficient (Wildman–Crippen LogP) is 2.65. The number of hydrogen-bond donors (Lipinski definition) is 0. The molecule has 0 N–H and O–H groups in total. The summed E-state index contributed by atoms with van der Waals surface area (Å²) in [5.74, 6) is -3.72. The number of benzene rings is 1. The molecule has 1 aromatic carbocycles. The first-order valence-corrected chi connectivity index (χ1v) is 8.69. The van der Waals surface area contributed by atoms with Gasteiger partial charge in [0.15, 0.2) is 29.1 Å². The maximum atomic E-state index is 13.9. The normalized spacial score (nSPS) is 14.4. The lowest BCUT2D eigenvalue weighted by Gasteiger charge is -2.35. The molecule has 0 aliphatic carbocycles. The summed E-state index contributed by atoms with van der Waals surface area (Å²) in [7, 11) is 0. The molecule has 9 heteroatoms. The average Bonchev–Trinajstić information content (AvgIpc) is 3.27. The van der Waals surface area contributed by atoms with E-state index in [1.807, 2.05) is 46.1 Å². The molecule has 1 aliphatic rings. The van der Waals surface area contributed by atoms with Gasteiger partial charge in [0.05, 0.1) is 5.56 Å². The van der Waals surface area contributed by atoms with Crippen molar-refractivity contribution in [1.29, 1.82) is 0 Å².